The lowest BCUT2D eigenvalue weighted by molar-refractivity contribution is -0.145. The highest BCUT2D eigenvalue weighted by Gasteiger charge is 2.17. The van der Waals surface area contributed by atoms with Gasteiger partial charge in [0.25, 0.3) is 0 Å². The highest BCUT2D eigenvalue weighted by molar-refractivity contribution is 5.75. The van der Waals surface area contributed by atoms with E-state index in [-0.39, 0.29) is 36.1 Å². The molecule has 0 saturated heterocycles. The van der Waals surface area contributed by atoms with Crippen molar-refractivity contribution in [2.24, 2.45) is 0 Å². The number of carboxylic acid groups (broad SMARTS) is 4. The molecule has 0 heterocycles. The molecule has 10 nitrogen and oxygen atoms in total. The monoisotopic (exact) mass is 318 g/mol. The van der Waals surface area contributed by atoms with E-state index >= 15 is 0 Å². The number of aliphatic carboxylic acids is 4. The zero-order chi connectivity index (χ0) is 15.7. The Morgan fingerprint density at radius 2 is 0.762 bits per heavy atom. The van der Waals surface area contributed by atoms with Gasteiger partial charge in [0.2, 0.25) is 0 Å². The van der Waals surface area contributed by atoms with Crippen molar-refractivity contribution in [1.82, 2.24) is 9.80 Å². The van der Waals surface area contributed by atoms with E-state index in [1.54, 1.807) is 0 Å². The van der Waals surface area contributed by atoms with Crippen molar-refractivity contribution in [1.29, 1.82) is 0 Å². The third-order valence-corrected chi connectivity index (χ3v) is 2.17. The molecule has 0 aliphatic rings. The Kier molecular flexibility index (Phi) is 11.7. The SMILES string of the molecule is O=C(O)CN(CCN(CC(=O)O)CC(=O)O)CC(=O)O.[MgH2]. The van der Waals surface area contributed by atoms with Crippen LogP contribution >= 0.6 is 0 Å². The Labute approximate surface area is 136 Å². The van der Waals surface area contributed by atoms with Gasteiger partial charge in [-0.05, 0) is 0 Å². The quantitative estimate of drug-likeness (QED) is 0.290. The average molecular weight is 319 g/mol. The molecule has 0 aromatic carbocycles. The normalized spacial score (nSPS) is 10.2. The topological polar surface area (TPSA) is 156 Å². The number of carboxylic acids is 4. The average Bonchev–Trinajstić information content (AvgIpc) is 2.22. The van der Waals surface area contributed by atoms with Crippen LogP contribution in [0.3, 0.4) is 0 Å². The second-order valence-corrected chi connectivity index (χ2v) is 4.00. The Morgan fingerprint density at radius 1 is 0.571 bits per heavy atom. The van der Waals surface area contributed by atoms with E-state index in [2.05, 4.69) is 0 Å². The van der Waals surface area contributed by atoms with Gasteiger partial charge < -0.3 is 20.4 Å². The highest BCUT2D eigenvalue weighted by atomic mass is 24.3. The fourth-order valence-corrected chi connectivity index (χ4v) is 1.48. The molecule has 0 saturated carbocycles. The van der Waals surface area contributed by atoms with E-state index < -0.39 is 50.1 Å². The second kappa shape index (κ2) is 11.3. The molecule has 0 aliphatic carbocycles. The van der Waals surface area contributed by atoms with Gasteiger partial charge in [-0.1, -0.05) is 0 Å². The Morgan fingerprint density at radius 3 is 0.905 bits per heavy atom. The van der Waals surface area contributed by atoms with Crippen LogP contribution in [-0.4, -0.2) is 116 Å². The number of rotatable bonds is 11. The van der Waals surface area contributed by atoms with Crippen molar-refractivity contribution < 1.29 is 39.6 Å². The minimum atomic E-state index is -1.23. The third kappa shape index (κ3) is 13.3. The van der Waals surface area contributed by atoms with Gasteiger partial charge in [-0.15, -0.1) is 0 Å². The number of hydrogen-bond donors (Lipinski definition) is 4. The molecule has 0 aromatic rings. The molecule has 0 amide bonds. The van der Waals surface area contributed by atoms with Crippen LogP contribution < -0.4 is 0 Å². The van der Waals surface area contributed by atoms with Gasteiger partial charge in [0.15, 0.2) is 0 Å². The van der Waals surface area contributed by atoms with Gasteiger partial charge in [0.1, 0.15) is 0 Å². The van der Waals surface area contributed by atoms with Gasteiger partial charge >= 0.3 is 46.9 Å². The van der Waals surface area contributed by atoms with Gasteiger partial charge in [0.05, 0.1) is 26.2 Å². The summed E-state index contributed by atoms with van der Waals surface area (Å²) in [5.41, 5.74) is 0. The van der Waals surface area contributed by atoms with Crippen LogP contribution in [0.1, 0.15) is 0 Å². The summed E-state index contributed by atoms with van der Waals surface area (Å²) in [6.45, 7) is -2.25. The first-order chi connectivity index (χ1) is 9.20. The maximum atomic E-state index is 10.6. The third-order valence-electron chi connectivity index (χ3n) is 2.17. The molecule has 21 heavy (non-hydrogen) atoms. The zero-order valence-corrected chi connectivity index (χ0v) is 10.6. The van der Waals surface area contributed by atoms with Crippen LogP contribution in [0.4, 0.5) is 0 Å². The maximum absolute atomic E-state index is 10.6. The molecule has 4 N–H and O–H groups in total. The number of nitrogens with zero attached hydrogens (tertiary/aromatic N) is 2. The van der Waals surface area contributed by atoms with Gasteiger partial charge in [-0.2, -0.15) is 0 Å². The fraction of sp³-hybridized carbons (Fsp3) is 0.600. The molecule has 0 rings (SSSR count). The first-order valence-corrected chi connectivity index (χ1v) is 5.52. The van der Waals surface area contributed by atoms with E-state index in [1.807, 2.05) is 0 Å². The molecule has 0 spiro atoms. The van der Waals surface area contributed by atoms with Crippen LogP contribution in [-0.2, 0) is 19.2 Å². The predicted molar refractivity (Wildman–Crippen MR) is 72.0 cm³/mol. The van der Waals surface area contributed by atoms with E-state index in [0.717, 1.165) is 9.80 Å². The summed E-state index contributed by atoms with van der Waals surface area (Å²) in [4.78, 5) is 44.4. The van der Waals surface area contributed by atoms with Crippen LogP contribution in [0.5, 0.6) is 0 Å². The number of hydrogen-bond acceptors (Lipinski definition) is 6. The zero-order valence-electron chi connectivity index (χ0n) is 10.6. The minimum absolute atomic E-state index is 0. The lowest BCUT2D eigenvalue weighted by atomic mass is 10.4. The predicted octanol–water partition coefficient (Wildman–Crippen LogP) is -2.99. The van der Waals surface area contributed by atoms with Gasteiger partial charge in [-0.3, -0.25) is 29.0 Å². The summed E-state index contributed by atoms with van der Waals surface area (Å²) in [5.74, 6) is -4.91. The van der Waals surface area contributed by atoms with E-state index in [9.17, 15) is 19.2 Å². The Hall–Kier alpha value is -1.43. The van der Waals surface area contributed by atoms with Crippen molar-refractivity contribution in [2.75, 3.05) is 39.3 Å². The summed E-state index contributed by atoms with van der Waals surface area (Å²) in [6, 6.07) is 0. The molecule has 0 bridgehead atoms. The largest absolute Gasteiger partial charge is 0.480 e. The minimum Gasteiger partial charge on any atom is -0.480 e. The summed E-state index contributed by atoms with van der Waals surface area (Å²) >= 11 is 0. The maximum Gasteiger partial charge on any atom is 0.317 e. The van der Waals surface area contributed by atoms with Gasteiger partial charge in [0, 0.05) is 13.1 Å². The van der Waals surface area contributed by atoms with Gasteiger partial charge in [-0.25, -0.2) is 0 Å². The van der Waals surface area contributed by atoms with Crippen molar-refractivity contribution in [3.05, 3.63) is 0 Å². The molecule has 0 aromatic heterocycles. The molecule has 0 radical (unpaired) electrons. The van der Waals surface area contributed by atoms with E-state index in [1.165, 1.54) is 0 Å². The van der Waals surface area contributed by atoms with Crippen LogP contribution in [0.2, 0.25) is 0 Å². The molecule has 11 heteroatoms. The standard InChI is InChI=1S/C10H16N2O8.Mg.2H/c13-7(14)3-11(4-8(15)16)1-2-12(5-9(17)18)6-10(19)20;;;/h1-6H2,(H,13,14)(H,15,16)(H,17,18)(H,19,20);;;. The lowest BCUT2D eigenvalue weighted by Gasteiger charge is -2.23. The molecule has 0 fully saturated rings. The van der Waals surface area contributed by atoms with Crippen molar-refractivity contribution in [3.63, 3.8) is 0 Å². The Bertz CT molecular complexity index is 321. The number of carbonyl (C=O) groups is 4. The summed E-state index contributed by atoms with van der Waals surface area (Å²) in [5, 5.41) is 34.5. The smallest absolute Gasteiger partial charge is 0.317 e. The summed E-state index contributed by atoms with van der Waals surface area (Å²) in [7, 11) is 0. The van der Waals surface area contributed by atoms with Crippen molar-refractivity contribution in [2.45, 2.75) is 0 Å². The van der Waals surface area contributed by atoms with E-state index in [4.69, 9.17) is 20.4 Å². The Balaban J connectivity index is 0. The molecular formula is C10H18MgN2O8. The first-order valence-electron chi connectivity index (χ1n) is 5.52. The van der Waals surface area contributed by atoms with Crippen LogP contribution in [0.25, 0.3) is 0 Å². The molecule has 0 unspecified atom stereocenters. The first kappa shape index (κ1) is 21.9. The summed E-state index contributed by atoms with van der Waals surface area (Å²) in [6.07, 6.45) is 0. The highest BCUT2D eigenvalue weighted by Crippen LogP contribution is 1.94. The lowest BCUT2D eigenvalue weighted by Crippen LogP contribution is -2.43. The van der Waals surface area contributed by atoms with Crippen LogP contribution in [0, 0.1) is 0 Å². The van der Waals surface area contributed by atoms with Crippen molar-refractivity contribution in [3.8, 4) is 0 Å². The molecular weight excluding hydrogens is 300 g/mol. The molecule has 0 aliphatic heterocycles. The van der Waals surface area contributed by atoms with Crippen molar-refractivity contribution >= 4 is 46.9 Å². The molecule has 118 valence electrons. The summed E-state index contributed by atoms with van der Waals surface area (Å²) < 4.78 is 0. The van der Waals surface area contributed by atoms with Crippen LogP contribution in [0.15, 0.2) is 0 Å². The molecule has 0 atom stereocenters. The fourth-order valence-electron chi connectivity index (χ4n) is 1.48. The second-order valence-electron chi connectivity index (χ2n) is 4.00. The van der Waals surface area contributed by atoms with E-state index in [0.29, 0.717) is 0 Å².